The Kier molecular flexibility index (Phi) is 11.1. The molecule has 18 aromatic rings. The lowest BCUT2D eigenvalue weighted by molar-refractivity contribution is 1.17. The maximum atomic E-state index is 6.16. The van der Waals surface area contributed by atoms with E-state index >= 15 is 0 Å². The molecule has 0 fully saturated rings. The zero-order valence-corrected chi connectivity index (χ0v) is 53.9. The monoisotopic (exact) mass is 1280 g/mol. The molecule has 0 saturated heterocycles. The van der Waals surface area contributed by atoms with E-state index in [1.165, 1.54) is 137 Å². The van der Waals surface area contributed by atoms with Crippen molar-refractivity contribution in [3.8, 4) is 39.0 Å². The topological polar surface area (TPSA) is 154 Å². The van der Waals surface area contributed by atoms with Crippen molar-refractivity contribution in [1.29, 1.82) is 0 Å². The Hall–Kier alpha value is -6.24. The third kappa shape index (κ3) is 7.15. The largest absolute Gasteiger partial charge is 0.323 e. The van der Waals surface area contributed by atoms with Gasteiger partial charge in [0.1, 0.15) is 0 Å². The van der Waals surface area contributed by atoms with Crippen molar-refractivity contribution < 1.29 is 0 Å². The van der Waals surface area contributed by atoms with E-state index in [0.717, 1.165) is 75.3 Å². The van der Waals surface area contributed by atoms with Gasteiger partial charge in [-0.1, -0.05) is 0 Å². The lowest BCUT2D eigenvalue weighted by Crippen LogP contribution is -2.07. The molecule has 12 aromatic heterocycles. The Balaban J connectivity index is 0.000000130. The molecule has 0 aliphatic carbocycles. The van der Waals surface area contributed by atoms with Crippen LogP contribution in [-0.4, -0.2) is 0 Å². The summed E-state index contributed by atoms with van der Waals surface area (Å²) in [6, 6.07) is 32.0. The van der Waals surface area contributed by atoms with Gasteiger partial charge in [-0.15, -0.1) is 136 Å². The molecule has 18 rings (SSSR count). The lowest BCUT2D eigenvalue weighted by atomic mass is 9.98. The SMILES string of the molecule is Cc1cc2sc(-c3cc4/c(=N\N)c5c(C)c6c(c(C)c5c4s3)/c(=N/N)c3cc(-c4cc5sc(C)cc5s4)sc36)cc2s1.Cc1cc2sc(-c3cc4/c(=N\N)c5cc6c(cc5c4s3)/c(=N/N)c3cc(-c4cc5sc(C)cc5s4)sc36)cc2s1. The highest BCUT2D eigenvalue weighted by molar-refractivity contribution is 7.35. The second kappa shape index (κ2) is 18.1. The molecule has 8 N–H and O–H groups in total. The van der Waals surface area contributed by atoms with Crippen LogP contribution in [0.5, 0.6) is 0 Å². The van der Waals surface area contributed by atoms with Crippen LogP contribution in [0.4, 0.5) is 0 Å². The average molecular weight is 1280 g/mol. The summed E-state index contributed by atoms with van der Waals surface area (Å²) < 4.78 is 15.7. The Morgan fingerprint density at radius 2 is 0.488 bits per heavy atom. The van der Waals surface area contributed by atoms with Gasteiger partial charge in [0.25, 0.3) is 0 Å². The van der Waals surface area contributed by atoms with Gasteiger partial charge in [0.05, 0.1) is 21.4 Å². The maximum Gasteiger partial charge on any atom is 0.0995 e. The van der Waals surface area contributed by atoms with Gasteiger partial charge in [-0.25, -0.2) is 0 Å². The number of thiophene rings is 12. The molecule has 0 amide bonds. The third-order valence-electron chi connectivity index (χ3n) is 15.8. The number of rotatable bonds is 4. The minimum absolute atomic E-state index is 0.856. The van der Waals surface area contributed by atoms with E-state index in [2.05, 4.69) is 147 Å². The van der Waals surface area contributed by atoms with E-state index in [1.807, 2.05) is 136 Å². The first-order valence-corrected chi connectivity index (χ1v) is 35.7. The molecule has 0 unspecified atom stereocenters. The number of benzene rings is 2. The van der Waals surface area contributed by atoms with Crippen LogP contribution in [0.2, 0.25) is 0 Å². The first kappa shape index (κ1) is 50.3. The van der Waals surface area contributed by atoms with E-state index in [0.29, 0.717) is 0 Å². The fourth-order valence-corrected chi connectivity index (χ4v) is 26.9. The van der Waals surface area contributed by atoms with Crippen LogP contribution < -0.4 is 44.8 Å². The van der Waals surface area contributed by atoms with Crippen LogP contribution in [0.25, 0.3) is 160 Å². The predicted octanol–water partition coefficient (Wildman–Crippen LogP) is 19.3. The van der Waals surface area contributed by atoms with Crippen molar-refractivity contribution >= 4 is 257 Å². The molecule has 20 heteroatoms. The second-order valence-electron chi connectivity index (χ2n) is 20.8. The number of fused-ring (bicyclic) bond motifs is 16. The van der Waals surface area contributed by atoms with Crippen LogP contribution in [-0.2, 0) is 0 Å². The highest BCUT2D eigenvalue weighted by atomic mass is 32.1. The molecule has 0 radical (unpaired) electrons. The van der Waals surface area contributed by atoms with E-state index in [-0.39, 0.29) is 0 Å². The maximum absolute atomic E-state index is 6.16. The van der Waals surface area contributed by atoms with Crippen molar-refractivity contribution in [1.82, 2.24) is 0 Å². The molecule has 0 bridgehead atoms. The molecule has 0 spiro atoms. The van der Waals surface area contributed by atoms with Gasteiger partial charge in [0, 0.05) is 180 Å². The molecule has 6 aromatic carbocycles. The normalized spacial score (nSPS) is 13.7. The van der Waals surface area contributed by atoms with Gasteiger partial charge >= 0.3 is 0 Å². The molecular weight excluding hydrogens is 1240 g/mol. The molecular formula is C62H40N8S12. The molecule has 0 aliphatic rings. The fourth-order valence-electron chi connectivity index (χ4n) is 12.5. The van der Waals surface area contributed by atoms with Crippen LogP contribution in [0.3, 0.4) is 0 Å². The van der Waals surface area contributed by atoms with Gasteiger partial charge < -0.3 is 23.4 Å². The molecule has 12 heterocycles. The summed E-state index contributed by atoms with van der Waals surface area (Å²) in [5.41, 5.74) is 2.39. The second-order valence-corrected chi connectivity index (χ2v) is 34.5. The molecule has 0 aliphatic heterocycles. The quantitative estimate of drug-likeness (QED) is 0.102. The van der Waals surface area contributed by atoms with Crippen molar-refractivity contribution in [2.24, 2.45) is 43.8 Å². The molecule has 82 heavy (non-hydrogen) atoms. The Morgan fingerprint density at radius 1 is 0.232 bits per heavy atom. The number of nitrogens with zero attached hydrogens (tertiary/aromatic N) is 4. The van der Waals surface area contributed by atoms with Gasteiger partial charge in [-0.3, -0.25) is 0 Å². The number of hydrogen-bond acceptors (Lipinski definition) is 20. The van der Waals surface area contributed by atoms with Crippen molar-refractivity contribution in [3.63, 3.8) is 0 Å². The van der Waals surface area contributed by atoms with Gasteiger partial charge in [-0.2, -0.15) is 20.4 Å². The van der Waals surface area contributed by atoms with Crippen molar-refractivity contribution in [2.45, 2.75) is 41.5 Å². The van der Waals surface area contributed by atoms with Crippen LogP contribution in [0.1, 0.15) is 30.6 Å². The smallest absolute Gasteiger partial charge is 0.0995 e. The minimum atomic E-state index is 0.856. The Labute approximate surface area is 513 Å². The molecule has 0 atom stereocenters. The highest BCUT2D eigenvalue weighted by Gasteiger charge is 2.27. The molecule has 0 saturated carbocycles. The molecule has 8 nitrogen and oxygen atoms in total. The summed E-state index contributed by atoms with van der Waals surface area (Å²) in [4.78, 5) is 15.6. The summed E-state index contributed by atoms with van der Waals surface area (Å²) in [6.45, 7) is 13.1. The number of nitrogens with two attached hydrogens (primary N) is 4. The predicted molar refractivity (Wildman–Crippen MR) is 371 cm³/mol. The van der Waals surface area contributed by atoms with Crippen molar-refractivity contribution in [3.05, 3.63) is 137 Å². The zero-order valence-electron chi connectivity index (χ0n) is 44.1. The van der Waals surface area contributed by atoms with E-state index in [9.17, 15) is 0 Å². The lowest BCUT2D eigenvalue weighted by Gasteiger charge is -2.07. The fraction of sp³-hybridized carbons (Fsp3) is 0.0968. The van der Waals surface area contributed by atoms with Gasteiger partial charge in [0.15, 0.2) is 0 Å². The Bertz CT molecular complexity index is 5550. The van der Waals surface area contributed by atoms with Gasteiger partial charge in [0.2, 0.25) is 0 Å². The standard InChI is InChI=1S/C32H22N4S6.C30H18N4S6/c1-11-5-17-21(37-11)9-23(39-17)19-7-15-29(35-33)25-14(4)28-26(13(3)27(25)31(15)41-19)30(36-34)16-8-20(42-32(16)28)24-10-22-18(40-24)6-12(2)38-22;1-11-3-19-23(35-11)9-25(37-19)21-7-17-27(33-31)13-6-16-14(5-15(13)29(17)39-21)28(34-32)18-8-22(40-30(16)18)26-10-24-20(38-26)4-12(2)36-24/h5-10H,33-34H2,1-4H3;3-10H,31-32H2,1-2H3/b35-29+,36-30+;33-27-,34-28-. The zero-order chi connectivity index (χ0) is 55.5. The summed E-state index contributed by atoms with van der Waals surface area (Å²) in [5.74, 6) is 24.4. The summed E-state index contributed by atoms with van der Waals surface area (Å²) in [5, 5.41) is 34.6. The Morgan fingerprint density at radius 3 is 0.768 bits per heavy atom. The van der Waals surface area contributed by atoms with E-state index in [1.54, 1.807) is 0 Å². The van der Waals surface area contributed by atoms with Crippen LogP contribution in [0.15, 0.2) is 105 Å². The number of hydrogen-bond donors (Lipinski definition) is 4. The van der Waals surface area contributed by atoms with E-state index < -0.39 is 0 Å². The van der Waals surface area contributed by atoms with Crippen LogP contribution >= 0.6 is 136 Å². The van der Waals surface area contributed by atoms with Gasteiger partial charge in [-0.05, 0) is 138 Å². The summed E-state index contributed by atoms with van der Waals surface area (Å²) in [7, 11) is 0. The van der Waals surface area contributed by atoms with E-state index in [4.69, 9.17) is 23.4 Å². The summed E-state index contributed by atoms with van der Waals surface area (Å²) in [6.07, 6.45) is 0. The first-order chi connectivity index (χ1) is 39.8. The highest BCUT2D eigenvalue weighted by Crippen LogP contribution is 2.51. The number of aryl methyl sites for hydroxylation is 6. The first-order valence-electron chi connectivity index (χ1n) is 25.9. The average Bonchev–Trinajstić information content (AvgIpc) is 2.15. The van der Waals surface area contributed by atoms with Crippen LogP contribution in [0, 0.1) is 41.5 Å². The summed E-state index contributed by atoms with van der Waals surface area (Å²) >= 11 is 22.2. The van der Waals surface area contributed by atoms with Crippen molar-refractivity contribution in [2.75, 3.05) is 0 Å². The molecule has 400 valence electrons. The minimum Gasteiger partial charge on any atom is -0.323 e. The third-order valence-corrected chi connectivity index (χ3v) is 30.1.